The molecule has 1 unspecified atom stereocenters. The van der Waals surface area contributed by atoms with Crippen LogP contribution in [-0.2, 0) is 49.4 Å². The molecule has 0 radical (unpaired) electrons. The number of nitrogens with one attached hydrogen (secondary N) is 2. The molecule has 4 fully saturated rings. The molecule has 1 atom stereocenters. The van der Waals surface area contributed by atoms with E-state index in [9.17, 15) is 19.5 Å². The van der Waals surface area contributed by atoms with Crippen LogP contribution in [0.15, 0.2) is 48.6 Å². The highest BCUT2D eigenvalue weighted by Crippen LogP contribution is 2.64. The van der Waals surface area contributed by atoms with E-state index in [2.05, 4.69) is 37.0 Å². The third-order valence-electron chi connectivity index (χ3n) is 16.6. The molecular weight excluding hydrogens is 828 g/mol. The number of carbonyl (C=O) groups excluding carboxylic acids is 2. The molecule has 64 heavy (non-hydrogen) atoms. The Morgan fingerprint density at radius 3 is 2.09 bits per heavy atom. The van der Waals surface area contributed by atoms with Crippen LogP contribution in [0, 0.1) is 21.7 Å². The van der Waals surface area contributed by atoms with Gasteiger partial charge in [-0.15, -0.1) is 0 Å². The van der Waals surface area contributed by atoms with E-state index in [0.29, 0.717) is 104 Å². The number of hydrogen-bond donors (Lipinski definition) is 3. The lowest BCUT2D eigenvalue weighted by atomic mass is 9.80. The zero-order chi connectivity index (χ0) is 52.1. The van der Waals surface area contributed by atoms with Gasteiger partial charge in [0.05, 0.1) is 44.3 Å². The van der Waals surface area contributed by atoms with Gasteiger partial charge in [0.25, 0.3) is 11.8 Å². The summed E-state index contributed by atoms with van der Waals surface area (Å²) in [4.78, 5) is 54.1. The number of amides is 2. The topological polar surface area (TPSA) is 147 Å². The van der Waals surface area contributed by atoms with Crippen LogP contribution in [0.5, 0.6) is 0 Å². The Morgan fingerprint density at radius 1 is 0.875 bits per heavy atom. The van der Waals surface area contributed by atoms with Gasteiger partial charge >= 0.3 is 5.97 Å². The number of rotatable bonds is 14. The molecule has 4 saturated carbocycles. The number of allylic oxidation sites excluding steroid dienone is 2. The molecule has 14 heteroatoms. The van der Waals surface area contributed by atoms with E-state index in [1.54, 1.807) is 36.4 Å². The Balaban J connectivity index is 0.791. The van der Waals surface area contributed by atoms with Crippen molar-refractivity contribution in [3.63, 3.8) is 0 Å². The molecule has 3 aromatic rings. The van der Waals surface area contributed by atoms with Gasteiger partial charge < -0.3 is 29.6 Å². The minimum Gasteiger partial charge on any atom is -0.481 e. The van der Waals surface area contributed by atoms with Crippen molar-refractivity contribution in [2.24, 2.45) is 35.6 Å². The smallest absolute Gasteiger partial charge is 0.309 e. The molecule has 2 aliphatic heterocycles. The van der Waals surface area contributed by atoms with Gasteiger partial charge in [-0.2, -0.15) is 0 Å². The molecule has 340 valence electrons. The second-order valence-corrected chi connectivity index (χ2v) is 20.5. The van der Waals surface area contributed by atoms with Gasteiger partial charge in [0.2, 0.25) is 0 Å². The molecule has 10 rings (SSSR count). The minimum atomic E-state index is -2.70. The van der Waals surface area contributed by atoms with Gasteiger partial charge in [-0.1, -0.05) is 48.5 Å². The van der Waals surface area contributed by atoms with Crippen molar-refractivity contribution in [1.29, 1.82) is 0 Å². The number of carboxylic acids is 1. The Bertz CT molecular complexity index is 2800. The fourth-order valence-electron chi connectivity index (χ4n) is 12.7. The zero-order valence-corrected chi connectivity index (χ0v) is 37.0. The van der Waals surface area contributed by atoms with E-state index >= 15 is 0 Å². The fourth-order valence-corrected chi connectivity index (χ4v) is 13.0. The second-order valence-electron chi connectivity index (χ2n) is 20.2. The molecule has 13 nitrogen and oxygen atoms in total. The quantitative estimate of drug-likeness (QED) is 0.150. The number of hydrogen-bond acceptors (Lipinski definition) is 8. The maximum Gasteiger partial charge on any atom is 0.309 e. The number of aliphatic carboxylic acids is 1. The first-order chi connectivity index (χ1) is 34.3. The van der Waals surface area contributed by atoms with Gasteiger partial charge in [-0.05, 0) is 124 Å². The second kappa shape index (κ2) is 16.4. The summed E-state index contributed by atoms with van der Waals surface area (Å²) in [5.41, 5.74) is 3.07. The van der Waals surface area contributed by atoms with Crippen molar-refractivity contribution >= 4 is 40.6 Å². The standard InChI is InChI=1S/C50H63ClN8O5/c1-32-33(7-5-9-35(32)54-44(60)42-52-37-27-58(23-11-39(37)56(42)2)25-21-47-13-15-49(29-47,16-14-47)31-64-4)34-8-6-10-36(41(34)51)55-45(61)43-53-38-28-59(24-12-40(38)57(43)3)26-22-48-17-19-50(30-48,20-18-48)46(62)63/h5-10,35H,1,11-31H2,2-4H3,(H,54,60)(H,55,61)(H,62,63)/i2D3,3D3,4D3. The van der Waals surface area contributed by atoms with Crippen LogP contribution in [0.1, 0.15) is 139 Å². The van der Waals surface area contributed by atoms with E-state index in [0.717, 1.165) is 73.5 Å². The molecule has 4 bridgehead atoms. The highest BCUT2D eigenvalue weighted by molar-refractivity contribution is 6.36. The van der Waals surface area contributed by atoms with E-state index in [4.69, 9.17) is 28.7 Å². The van der Waals surface area contributed by atoms with Crippen molar-refractivity contribution < 1.29 is 36.6 Å². The van der Waals surface area contributed by atoms with Crippen molar-refractivity contribution in [2.45, 2.75) is 109 Å². The number of aromatic nitrogens is 4. The number of carboxylic acid groups (broad SMARTS) is 1. The number of methoxy groups -OCH3 is 1. The Morgan fingerprint density at radius 2 is 1.48 bits per heavy atom. The number of ether oxygens (including phenoxy) is 1. The van der Waals surface area contributed by atoms with Crippen molar-refractivity contribution in [1.82, 2.24) is 34.2 Å². The van der Waals surface area contributed by atoms with Gasteiger partial charge in [0.15, 0.2) is 11.6 Å². The summed E-state index contributed by atoms with van der Waals surface area (Å²) in [5, 5.41) is 15.7. The van der Waals surface area contributed by atoms with Gasteiger partial charge in [-0.3, -0.25) is 24.2 Å². The molecular formula is C50H63ClN8O5. The van der Waals surface area contributed by atoms with Crippen LogP contribution in [-0.4, -0.2) is 97.7 Å². The van der Waals surface area contributed by atoms with Crippen LogP contribution in [0.3, 0.4) is 0 Å². The molecule has 2 amide bonds. The summed E-state index contributed by atoms with van der Waals surface area (Å²) in [6.07, 6.45) is 16.5. The third-order valence-corrected chi connectivity index (χ3v) is 17.0. The van der Waals surface area contributed by atoms with E-state index in [-0.39, 0.29) is 45.2 Å². The molecule has 7 aliphatic rings. The van der Waals surface area contributed by atoms with Crippen LogP contribution in [0.4, 0.5) is 5.69 Å². The monoisotopic (exact) mass is 900 g/mol. The zero-order valence-electron chi connectivity index (χ0n) is 45.2. The average Bonchev–Trinajstić information content (AvgIpc) is 4.19. The maximum absolute atomic E-state index is 14.2. The van der Waals surface area contributed by atoms with Gasteiger partial charge in [-0.25, -0.2) is 9.97 Å². The predicted molar refractivity (Wildman–Crippen MR) is 246 cm³/mol. The summed E-state index contributed by atoms with van der Waals surface area (Å²) in [7, 11) is -2.41. The summed E-state index contributed by atoms with van der Waals surface area (Å²) < 4.78 is 80.4. The Labute approximate surface area is 394 Å². The largest absolute Gasteiger partial charge is 0.481 e. The first-order valence-corrected chi connectivity index (χ1v) is 23.2. The van der Waals surface area contributed by atoms with Crippen LogP contribution in [0.25, 0.3) is 5.57 Å². The van der Waals surface area contributed by atoms with Crippen molar-refractivity contribution in [3.05, 3.63) is 93.6 Å². The number of halogens is 1. The predicted octanol–water partition coefficient (Wildman–Crippen LogP) is 7.50. The molecule has 0 saturated heterocycles. The first-order valence-electron chi connectivity index (χ1n) is 27.3. The normalized spacial score (nSPS) is 32.2. The highest BCUT2D eigenvalue weighted by Gasteiger charge is 2.58. The van der Waals surface area contributed by atoms with Gasteiger partial charge in [0, 0.05) is 85.2 Å². The number of carbonyl (C=O) groups is 3. The maximum atomic E-state index is 14.2. The first kappa shape index (κ1) is 33.9. The van der Waals surface area contributed by atoms with Gasteiger partial charge in [0.1, 0.15) is 0 Å². The minimum absolute atomic E-state index is 0.00265. The Kier molecular flexibility index (Phi) is 8.67. The van der Waals surface area contributed by atoms with E-state index in [1.165, 1.54) is 0 Å². The Hall–Kier alpha value is -4.56. The molecule has 0 spiro atoms. The molecule has 4 heterocycles. The van der Waals surface area contributed by atoms with Crippen molar-refractivity contribution in [3.8, 4) is 0 Å². The SMILES string of the molecule is [2H]C([2H])([2H])OCC12CCC(CCN3CCc4c(nc(C(=O)NC5C=CC=C(c6cccc(NC(=O)c7nc8c(n7C([2H])([2H])[2H])CCN(CCC79CCC(C(=O)O)(CC7)C9)C8)c6Cl)C5=C)n4C([2H])([2H])[2H])C3)(CC1)C2. The molecule has 1 aromatic carbocycles. The lowest BCUT2D eigenvalue weighted by Gasteiger charge is -2.32. The lowest BCUT2D eigenvalue weighted by Crippen LogP contribution is -2.37. The average molecular weight is 901 g/mol. The number of fused-ring (bicyclic) bond motifs is 6. The van der Waals surface area contributed by atoms with Crippen LogP contribution >= 0.6 is 11.6 Å². The summed E-state index contributed by atoms with van der Waals surface area (Å²) in [5.74, 6) is -2.66. The number of anilines is 1. The highest BCUT2D eigenvalue weighted by atomic mass is 35.5. The fraction of sp³-hybridized carbons (Fsp3) is 0.580. The number of nitrogens with zero attached hydrogens (tertiary/aromatic N) is 6. The van der Waals surface area contributed by atoms with E-state index < -0.39 is 50.2 Å². The summed E-state index contributed by atoms with van der Waals surface area (Å²) >= 11 is 7.04. The van der Waals surface area contributed by atoms with Crippen molar-refractivity contribution in [2.75, 3.05) is 45.1 Å². The van der Waals surface area contributed by atoms with Crippen LogP contribution < -0.4 is 10.6 Å². The third kappa shape index (κ3) is 7.57. The lowest BCUT2D eigenvalue weighted by molar-refractivity contribution is -0.148. The summed E-state index contributed by atoms with van der Waals surface area (Å²) in [6, 6.07) is 4.21. The summed E-state index contributed by atoms with van der Waals surface area (Å²) in [6.45, 7) is 2.55. The molecule has 5 aliphatic carbocycles. The number of benzene rings is 1. The van der Waals surface area contributed by atoms with E-state index in [1.807, 2.05) is 0 Å². The molecule has 2 aromatic heterocycles. The molecule has 3 N–H and O–H groups in total. The number of imidazole rings is 2. The van der Waals surface area contributed by atoms with Crippen LogP contribution in [0.2, 0.25) is 5.02 Å².